The molecule has 2 aromatic rings. The van der Waals surface area contributed by atoms with E-state index in [0.717, 1.165) is 36.5 Å². The lowest BCUT2D eigenvalue weighted by Gasteiger charge is -2.32. The number of rotatable bonds is 1. The largest absolute Gasteiger partial charge is 0.353 e. The summed E-state index contributed by atoms with van der Waals surface area (Å²) in [5.74, 6) is 1.04. The zero-order chi connectivity index (χ0) is 11.0. The molecule has 5 nitrogen and oxygen atoms in total. The average Bonchev–Trinajstić information content (AvgIpc) is 2.76. The Labute approximate surface area is 93.9 Å². The molecule has 0 saturated carbocycles. The highest BCUT2D eigenvalue weighted by Gasteiger charge is 2.19. The van der Waals surface area contributed by atoms with Gasteiger partial charge in [-0.05, 0) is 13.0 Å². The zero-order valence-corrected chi connectivity index (χ0v) is 9.27. The Bertz CT molecular complexity index is 492. The van der Waals surface area contributed by atoms with Crippen LogP contribution < -0.4 is 10.2 Å². The van der Waals surface area contributed by atoms with Crippen molar-refractivity contribution in [2.45, 2.75) is 13.0 Å². The lowest BCUT2D eigenvalue weighted by atomic mass is 10.2. The van der Waals surface area contributed by atoms with Crippen molar-refractivity contribution < 1.29 is 0 Å². The van der Waals surface area contributed by atoms with E-state index in [1.165, 1.54) is 0 Å². The fourth-order valence-corrected chi connectivity index (χ4v) is 2.24. The molecule has 2 N–H and O–H groups in total. The average molecular weight is 217 g/mol. The maximum atomic E-state index is 4.40. The highest BCUT2D eigenvalue weighted by atomic mass is 15.2. The fourth-order valence-electron chi connectivity index (χ4n) is 2.24. The van der Waals surface area contributed by atoms with Gasteiger partial charge in [0.15, 0.2) is 0 Å². The number of H-pyrrole nitrogens is 1. The van der Waals surface area contributed by atoms with Gasteiger partial charge in [-0.1, -0.05) is 0 Å². The van der Waals surface area contributed by atoms with Crippen molar-refractivity contribution in [2.24, 2.45) is 0 Å². The molecular weight excluding hydrogens is 202 g/mol. The van der Waals surface area contributed by atoms with E-state index in [4.69, 9.17) is 0 Å². The minimum absolute atomic E-state index is 0.512. The lowest BCUT2D eigenvalue weighted by Crippen LogP contribution is -2.49. The molecule has 0 bridgehead atoms. The zero-order valence-electron chi connectivity index (χ0n) is 9.27. The van der Waals surface area contributed by atoms with Gasteiger partial charge in [0.1, 0.15) is 17.8 Å². The standard InChI is InChI=1S/C11H15N5/c1-8-6-16(5-4-12-8)11-9-2-3-13-10(9)14-7-15-11/h2-3,7-8,12H,4-6H2,1H3,(H,13,14,15)/t8-/m1/s1. The summed E-state index contributed by atoms with van der Waals surface area (Å²) in [5.41, 5.74) is 0.913. The lowest BCUT2D eigenvalue weighted by molar-refractivity contribution is 0.483. The molecule has 0 unspecified atom stereocenters. The number of hydrogen-bond acceptors (Lipinski definition) is 4. The number of anilines is 1. The van der Waals surface area contributed by atoms with Crippen LogP contribution in [0, 0.1) is 0 Å². The molecule has 3 heterocycles. The maximum Gasteiger partial charge on any atom is 0.142 e. The number of nitrogens with one attached hydrogen (secondary N) is 2. The molecule has 5 heteroatoms. The molecule has 0 amide bonds. The molecule has 2 aromatic heterocycles. The molecule has 0 aliphatic carbocycles. The van der Waals surface area contributed by atoms with E-state index in [9.17, 15) is 0 Å². The Hall–Kier alpha value is -1.62. The second-order valence-corrected chi connectivity index (χ2v) is 4.24. The third-order valence-electron chi connectivity index (χ3n) is 3.00. The molecule has 1 aliphatic rings. The molecule has 1 atom stereocenters. The first-order chi connectivity index (χ1) is 7.84. The van der Waals surface area contributed by atoms with E-state index < -0.39 is 0 Å². The van der Waals surface area contributed by atoms with Crippen LogP contribution in [0.4, 0.5) is 5.82 Å². The van der Waals surface area contributed by atoms with Crippen LogP contribution in [0.2, 0.25) is 0 Å². The van der Waals surface area contributed by atoms with Gasteiger partial charge in [0, 0.05) is 31.9 Å². The van der Waals surface area contributed by atoms with Crippen molar-refractivity contribution in [1.82, 2.24) is 20.3 Å². The number of piperazine rings is 1. The van der Waals surface area contributed by atoms with E-state index >= 15 is 0 Å². The van der Waals surface area contributed by atoms with E-state index in [1.807, 2.05) is 12.3 Å². The van der Waals surface area contributed by atoms with Crippen molar-refractivity contribution in [2.75, 3.05) is 24.5 Å². The SMILES string of the molecule is C[C@@H]1CN(c2ncnc3[nH]ccc23)CCN1. The van der Waals surface area contributed by atoms with Crippen LogP contribution in [-0.2, 0) is 0 Å². The first-order valence-electron chi connectivity index (χ1n) is 5.61. The second kappa shape index (κ2) is 3.75. The van der Waals surface area contributed by atoms with Crippen molar-refractivity contribution >= 4 is 16.9 Å². The van der Waals surface area contributed by atoms with Gasteiger partial charge in [-0.15, -0.1) is 0 Å². The van der Waals surface area contributed by atoms with Gasteiger partial charge in [-0.2, -0.15) is 0 Å². The van der Waals surface area contributed by atoms with Gasteiger partial charge in [-0.25, -0.2) is 9.97 Å². The van der Waals surface area contributed by atoms with Gasteiger partial charge in [0.05, 0.1) is 5.39 Å². The summed E-state index contributed by atoms with van der Waals surface area (Å²) in [6.07, 6.45) is 3.54. The van der Waals surface area contributed by atoms with Crippen LogP contribution in [0.3, 0.4) is 0 Å². The Morgan fingerprint density at radius 3 is 3.25 bits per heavy atom. The number of aromatic nitrogens is 3. The minimum Gasteiger partial charge on any atom is -0.353 e. The van der Waals surface area contributed by atoms with Crippen LogP contribution in [0.15, 0.2) is 18.6 Å². The van der Waals surface area contributed by atoms with Crippen molar-refractivity contribution in [3.63, 3.8) is 0 Å². The molecule has 16 heavy (non-hydrogen) atoms. The topological polar surface area (TPSA) is 56.8 Å². The summed E-state index contributed by atoms with van der Waals surface area (Å²) in [4.78, 5) is 14.0. The number of aromatic amines is 1. The molecule has 3 rings (SSSR count). The Morgan fingerprint density at radius 2 is 2.38 bits per heavy atom. The molecule has 0 radical (unpaired) electrons. The monoisotopic (exact) mass is 217 g/mol. The molecule has 0 spiro atoms. The van der Waals surface area contributed by atoms with E-state index in [1.54, 1.807) is 6.33 Å². The quantitative estimate of drug-likeness (QED) is 0.740. The summed E-state index contributed by atoms with van der Waals surface area (Å²) >= 11 is 0. The van der Waals surface area contributed by atoms with Crippen molar-refractivity contribution in [3.05, 3.63) is 18.6 Å². The minimum atomic E-state index is 0.512. The summed E-state index contributed by atoms with van der Waals surface area (Å²) < 4.78 is 0. The third kappa shape index (κ3) is 1.53. The van der Waals surface area contributed by atoms with Crippen molar-refractivity contribution in [1.29, 1.82) is 0 Å². The van der Waals surface area contributed by atoms with Crippen LogP contribution >= 0.6 is 0 Å². The van der Waals surface area contributed by atoms with E-state index in [0.29, 0.717) is 6.04 Å². The first-order valence-corrected chi connectivity index (χ1v) is 5.61. The van der Waals surface area contributed by atoms with Crippen LogP contribution in [0.25, 0.3) is 11.0 Å². The summed E-state index contributed by atoms with van der Waals surface area (Å²) in [5, 5.41) is 4.54. The van der Waals surface area contributed by atoms with E-state index in [2.05, 4.69) is 32.1 Å². The van der Waals surface area contributed by atoms with Crippen molar-refractivity contribution in [3.8, 4) is 0 Å². The smallest absolute Gasteiger partial charge is 0.142 e. The molecule has 84 valence electrons. The highest BCUT2D eigenvalue weighted by Crippen LogP contribution is 2.22. The van der Waals surface area contributed by atoms with Crippen LogP contribution in [-0.4, -0.2) is 40.6 Å². The van der Waals surface area contributed by atoms with Gasteiger partial charge in [-0.3, -0.25) is 0 Å². The Kier molecular flexibility index (Phi) is 2.25. The summed E-state index contributed by atoms with van der Waals surface area (Å²) in [6, 6.07) is 2.55. The molecule has 1 aliphatic heterocycles. The van der Waals surface area contributed by atoms with Gasteiger partial charge in [0.2, 0.25) is 0 Å². The van der Waals surface area contributed by atoms with E-state index in [-0.39, 0.29) is 0 Å². The van der Waals surface area contributed by atoms with Crippen LogP contribution in [0.5, 0.6) is 0 Å². The number of fused-ring (bicyclic) bond motifs is 1. The maximum absolute atomic E-state index is 4.40. The first kappa shape index (κ1) is 9.59. The van der Waals surface area contributed by atoms with Gasteiger partial charge >= 0.3 is 0 Å². The molecule has 1 saturated heterocycles. The third-order valence-corrected chi connectivity index (χ3v) is 3.00. The molecule has 1 fully saturated rings. The van der Waals surface area contributed by atoms with Gasteiger partial charge < -0.3 is 15.2 Å². The predicted octanol–water partition coefficient (Wildman–Crippen LogP) is 0.756. The van der Waals surface area contributed by atoms with Gasteiger partial charge in [0.25, 0.3) is 0 Å². The van der Waals surface area contributed by atoms with Crippen LogP contribution in [0.1, 0.15) is 6.92 Å². The molecule has 0 aromatic carbocycles. The molecular formula is C11H15N5. The Balaban J connectivity index is 2.01. The Morgan fingerprint density at radius 1 is 1.44 bits per heavy atom. The fraction of sp³-hybridized carbons (Fsp3) is 0.455. The summed E-state index contributed by atoms with van der Waals surface area (Å²) in [7, 11) is 0. The second-order valence-electron chi connectivity index (χ2n) is 4.24. The number of nitrogens with zero attached hydrogens (tertiary/aromatic N) is 3. The normalized spacial score (nSPS) is 21.6. The number of hydrogen-bond donors (Lipinski definition) is 2. The summed E-state index contributed by atoms with van der Waals surface area (Å²) in [6.45, 7) is 5.21. The highest BCUT2D eigenvalue weighted by molar-refractivity contribution is 5.87. The predicted molar refractivity (Wildman–Crippen MR) is 63.6 cm³/mol.